The van der Waals surface area contributed by atoms with Crippen molar-refractivity contribution in [2.24, 2.45) is 5.10 Å². The van der Waals surface area contributed by atoms with Gasteiger partial charge in [-0.3, -0.25) is 9.59 Å². The van der Waals surface area contributed by atoms with E-state index in [1.54, 1.807) is 43.3 Å². The molecule has 4 aromatic rings. The number of anilines is 1. The van der Waals surface area contributed by atoms with Crippen LogP contribution in [0.2, 0.25) is 15.1 Å². The van der Waals surface area contributed by atoms with Crippen molar-refractivity contribution in [1.82, 2.24) is 5.43 Å². The van der Waals surface area contributed by atoms with Gasteiger partial charge in [-0.25, -0.2) is 5.43 Å². The van der Waals surface area contributed by atoms with E-state index < -0.39 is 0 Å². The first-order chi connectivity index (χ1) is 15.8. The van der Waals surface area contributed by atoms with Gasteiger partial charge in [0.25, 0.3) is 11.8 Å². The molecule has 1 heterocycles. The van der Waals surface area contributed by atoms with Gasteiger partial charge in [0, 0.05) is 20.8 Å². The minimum Gasteiger partial charge on any atom is -0.322 e. The Kier molecular flexibility index (Phi) is 7.00. The number of carbonyl (C=O) groups excluding carboxylic acids is 2. The fourth-order valence-corrected chi connectivity index (χ4v) is 4.98. The molecule has 0 saturated heterocycles. The van der Waals surface area contributed by atoms with Crippen LogP contribution in [0, 0.1) is 0 Å². The normalized spacial score (nSPS) is 11.5. The van der Waals surface area contributed by atoms with Crippen LogP contribution in [0.3, 0.4) is 0 Å². The highest BCUT2D eigenvalue weighted by molar-refractivity contribution is 7.21. The Hall–Kier alpha value is -2.90. The highest BCUT2D eigenvalue weighted by Gasteiger charge is 2.16. The van der Waals surface area contributed by atoms with Crippen molar-refractivity contribution in [3.8, 4) is 0 Å². The first-order valence-corrected chi connectivity index (χ1v) is 11.7. The Labute approximate surface area is 209 Å². The van der Waals surface area contributed by atoms with Crippen LogP contribution in [0.15, 0.2) is 71.8 Å². The molecule has 0 unspecified atom stereocenters. The number of nitrogens with zero attached hydrogens (tertiary/aromatic N) is 1. The smallest absolute Gasteiger partial charge is 0.283 e. The van der Waals surface area contributed by atoms with Gasteiger partial charge in [-0.15, -0.1) is 11.3 Å². The monoisotopic (exact) mass is 515 g/mol. The minimum absolute atomic E-state index is 0.272. The number of hydrazone groups is 1. The van der Waals surface area contributed by atoms with Crippen LogP contribution in [-0.2, 0) is 0 Å². The molecule has 0 aliphatic carbocycles. The van der Waals surface area contributed by atoms with E-state index in [9.17, 15) is 9.59 Å². The zero-order valence-corrected chi connectivity index (χ0v) is 20.2. The predicted octanol–water partition coefficient (Wildman–Crippen LogP) is 7.27. The zero-order chi connectivity index (χ0) is 23.5. The molecule has 1 aromatic heterocycles. The molecular formula is C24H16Cl3N3O2S. The summed E-state index contributed by atoms with van der Waals surface area (Å²) >= 11 is 19.6. The predicted molar refractivity (Wildman–Crippen MR) is 137 cm³/mol. The number of carbonyl (C=O) groups is 2. The van der Waals surface area contributed by atoms with E-state index in [2.05, 4.69) is 15.8 Å². The number of hydrogen-bond donors (Lipinski definition) is 2. The maximum Gasteiger partial charge on any atom is 0.283 e. The summed E-state index contributed by atoms with van der Waals surface area (Å²) in [5.41, 5.74) is 4.84. The molecule has 9 heteroatoms. The van der Waals surface area contributed by atoms with Crippen LogP contribution in [0.1, 0.15) is 32.5 Å². The van der Waals surface area contributed by atoms with Crippen LogP contribution >= 0.6 is 46.1 Å². The van der Waals surface area contributed by atoms with E-state index in [4.69, 9.17) is 34.8 Å². The largest absolute Gasteiger partial charge is 0.322 e. The number of thiophene rings is 1. The van der Waals surface area contributed by atoms with Crippen molar-refractivity contribution < 1.29 is 9.59 Å². The van der Waals surface area contributed by atoms with Crippen molar-refractivity contribution in [1.29, 1.82) is 0 Å². The molecule has 5 nitrogen and oxygen atoms in total. The van der Waals surface area contributed by atoms with Crippen molar-refractivity contribution in [3.05, 3.63) is 97.8 Å². The highest BCUT2D eigenvalue weighted by atomic mass is 35.5. The second kappa shape index (κ2) is 9.93. The molecule has 0 atom stereocenters. The third-order valence-corrected chi connectivity index (χ3v) is 7.02. The molecule has 4 rings (SSSR count). The third kappa shape index (κ3) is 5.20. The first kappa shape index (κ1) is 23.3. The summed E-state index contributed by atoms with van der Waals surface area (Å²) in [6.45, 7) is 1.77. The molecule has 0 spiro atoms. The van der Waals surface area contributed by atoms with E-state index in [1.165, 1.54) is 17.4 Å². The summed E-state index contributed by atoms with van der Waals surface area (Å²) in [7, 11) is 0. The fraction of sp³-hybridized carbons (Fsp3) is 0.0417. The van der Waals surface area contributed by atoms with Crippen molar-refractivity contribution >= 4 is 79.4 Å². The van der Waals surface area contributed by atoms with Crippen molar-refractivity contribution in [3.63, 3.8) is 0 Å². The standard InChI is InChI=1S/C24H16Cl3N3O2S/c1-13(29-30-24(32)22-21(27)18-4-2-3-5-20(18)33-22)14-6-9-16(10-7-14)28-23(31)17-11-8-15(25)12-19(17)26/h2-12H,1H3,(H,28,31)(H,30,32)/b29-13-. The van der Waals surface area contributed by atoms with Gasteiger partial charge < -0.3 is 5.32 Å². The lowest BCUT2D eigenvalue weighted by atomic mass is 10.1. The molecule has 0 aliphatic heterocycles. The summed E-state index contributed by atoms with van der Waals surface area (Å²) < 4.78 is 0.936. The Morgan fingerprint density at radius 2 is 1.64 bits per heavy atom. The van der Waals surface area contributed by atoms with Crippen LogP contribution in [0.25, 0.3) is 10.1 Å². The second-order valence-corrected chi connectivity index (χ2v) is 9.31. The van der Waals surface area contributed by atoms with Crippen LogP contribution in [-0.4, -0.2) is 17.5 Å². The van der Waals surface area contributed by atoms with Gasteiger partial charge >= 0.3 is 0 Å². The summed E-state index contributed by atoms with van der Waals surface area (Å²) in [6, 6.07) is 19.3. The number of fused-ring (bicyclic) bond motifs is 1. The lowest BCUT2D eigenvalue weighted by Crippen LogP contribution is -2.18. The van der Waals surface area contributed by atoms with Crippen LogP contribution in [0.4, 0.5) is 5.69 Å². The summed E-state index contributed by atoms with van der Waals surface area (Å²) in [5.74, 6) is -0.716. The Bertz CT molecular complexity index is 1400. The zero-order valence-electron chi connectivity index (χ0n) is 17.2. The Morgan fingerprint density at radius 3 is 2.33 bits per heavy atom. The van der Waals surface area contributed by atoms with Gasteiger partial charge in [0.05, 0.1) is 21.3 Å². The molecule has 0 bridgehead atoms. The molecule has 0 aliphatic rings. The third-order valence-electron chi connectivity index (χ3n) is 4.80. The van der Waals surface area contributed by atoms with Crippen LogP contribution < -0.4 is 10.7 Å². The topological polar surface area (TPSA) is 70.6 Å². The van der Waals surface area contributed by atoms with Gasteiger partial charge in [0.15, 0.2) is 0 Å². The minimum atomic E-state index is -0.371. The number of benzene rings is 3. The van der Waals surface area contributed by atoms with Crippen molar-refractivity contribution in [2.45, 2.75) is 6.92 Å². The van der Waals surface area contributed by atoms with Gasteiger partial charge in [0.2, 0.25) is 0 Å². The maximum absolute atomic E-state index is 12.6. The lowest BCUT2D eigenvalue weighted by Gasteiger charge is -2.08. The van der Waals surface area contributed by atoms with Crippen LogP contribution in [0.5, 0.6) is 0 Å². The number of nitrogens with one attached hydrogen (secondary N) is 2. The van der Waals surface area contributed by atoms with E-state index >= 15 is 0 Å². The molecule has 2 N–H and O–H groups in total. The van der Waals surface area contributed by atoms with Gasteiger partial charge in [0.1, 0.15) is 4.88 Å². The van der Waals surface area contributed by atoms with Gasteiger partial charge in [-0.1, -0.05) is 65.1 Å². The summed E-state index contributed by atoms with van der Waals surface area (Å²) in [6.07, 6.45) is 0. The average Bonchev–Trinajstić information content (AvgIpc) is 3.14. The van der Waals surface area contributed by atoms with E-state index in [-0.39, 0.29) is 16.8 Å². The van der Waals surface area contributed by atoms with E-state index in [1.807, 2.05) is 24.3 Å². The molecule has 0 fully saturated rings. The number of hydrogen-bond acceptors (Lipinski definition) is 4. The van der Waals surface area contributed by atoms with Gasteiger partial charge in [-0.05, 0) is 48.9 Å². The van der Waals surface area contributed by atoms with Gasteiger partial charge in [-0.2, -0.15) is 5.10 Å². The fourth-order valence-electron chi connectivity index (χ4n) is 3.08. The molecule has 0 saturated carbocycles. The van der Waals surface area contributed by atoms with E-state index in [0.717, 1.165) is 15.6 Å². The molecule has 0 radical (unpaired) electrons. The lowest BCUT2D eigenvalue weighted by molar-refractivity contribution is 0.0958. The molecule has 166 valence electrons. The summed E-state index contributed by atoms with van der Waals surface area (Å²) in [5, 5.41) is 8.96. The van der Waals surface area contributed by atoms with Crippen molar-refractivity contribution in [2.75, 3.05) is 5.32 Å². The Balaban J connectivity index is 1.43. The molecule has 33 heavy (non-hydrogen) atoms. The first-order valence-electron chi connectivity index (χ1n) is 9.72. The summed E-state index contributed by atoms with van der Waals surface area (Å²) in [4.78, 5) is 25.4. The second-order valence-electron chi connectivity index (χ2n) is 7.04. The SMILES string of the molecule is C/C(=N/NC(=O)c1sc2ccccc2c1Cl)c1ccc(NC(=O)c2ccc(Cl)cc2Cl)cc1. The Morgan fingerprint density at radius 1 is 0.909 bits per heavy atom. The number of halogens is 3. The van der Waals surface area contributed by atoms with E-state index in [0.29, 0.717) is 31.9 Å². The molecule has 3 aromatic carbocycles. The number of amides is 2. The average molecular weight is 517 g/mol. The number of rotatable bonds is 5. The molecule has 2 amide bonds. The maximum atomic E-state index is 12.6. The molecular weight excluding hydrogens is 501 g/mol. The quantitative estimate of drug-likeness (QED) is 0.216. The highest BCUT2D eigenvalue weighted by Crippen LogP contribution is 2.35.